The molecule has 2 aliphatic heterocycles. The summed E-state index contributed by atoms with van der Waals surface area (Å²) < 4.78 is 22.0. The molecule has 2 aliphatic rings. The molecular weight excluding hydrogens is 664 g/mol. The van der Waals surface area contributed by atoms with Crippen LogP contribution in [0.3, 0.4) is 0 Å². The van der Waals surface area contributed by atoms with Crippen LogP contribution in [0.1, 0.15) is 65.9 Å². The van der Waals surface area contributed by atoms with Gasteiger partial charge in [-0.25, -0.2) is 19.2 Å². The standard InChI is InChI=1S/C35H46O14/c1-7-19(2)17-20(3)13-14-25(37)47-28-27(38)33(48-29(30(39)40)34(45,31(41)42)35(28,49-33)32(43)44)16-15-21(4)26(46-23(6)36)22(5)18-24-11-9-8-10-12-24/h8-14,19-20,22,26-29,38,45H,4,7,15-18H2,1-3,5-6H3,(H,39,40)(H,41,42)(H,43,44)/b14-13+/t19-,20-,22+,26-,27-,28-,29-,33+,34-,35+/m1/s1/i1+2,6+2,14+2,16+2,19+2,20+2,21+2,22+2,27+2,35+2. The van der Waals surface area contributed by atoms with Crippen molar-refractivity contribution < 1.29 is 68.5 Å². The fourth-order valence-electron chi connectivity index (χ4n) is 6.58. The number of hydrogen-bond acceptors (Lipinski definition) is 11. The first kappa shape index (κ1) is 39.3. The SMILES string of the molecule is C=[14C](C[14CH2][C@]12O[C@H](C(=O)O)[C@@](O)(C(=O)O)[14C@](C(=O)O)(O1)[C@H](OC(=O)/[14CH]=C/[14C@@H](C)C[14C@H](C)C[14CH3])[14C@H]2O)[C@@H](OC([14CH3])=O)[14C@@H](C)Cc1ccccc1. The summed E-state index contributed by atoms with van der Waals surface area (Å²) in [6.07, 6.45) is -4.83. The van der Waals surface area contributed by atoms with Crippen LogP contribution >= 0.6 is 0 Å². The van der Waals surface area contributed by atoms with Gasteiger partial charge in [-0.15, -0.1) is 0 Å². The minimum atomic E-state index is -3.90. The lowest BCUT2D eigenvalue weighted by molar-refractivity contribution is -0.374. The van der Waals surface area contributed by atoms with Gasteiger partial charge < -0.3 is 44.5 Å². The minimum Gasteiger partial charge on any atom is -0.479 e. The van der Waals surface area contributed by atoms with Crippen molar-refractivity contribution in [1.29, 1.82) is 0 Å². The zero-order valence-corrected chi connectivity index (χ0v) is 28.2. The molecule has 0 saturated carbocycles. The monoisotopic (exact) mass is 710 g/mol. The average molecular weight is 711 g/mol. The van der Waals surface area contributed by atoms with Crippen molar-refractivity contribution in [2.45, 2.75) is 108 Å². The Balaban J connectivity index is 2.02. The number of hydrogen-bond donors (Lipinski definition) is 5. The Kier molecular flexibility index (Phi) is 12.5. The number of carboxylic acids is 3. The quantitative estimate of drug-likeness (QED) is 0.0891. The van der Waals surface area contributed by atoms with Gasteiger partial charge >= 0.3 is 29.8 Å². The van der Waals surface area contributed by atoms with E-state index in [1.54, 1.807) is 6.92 Å². The number of carbonyl (C=O) groups excluding carboxylic acids is 2. The van der Waals surface area contributed by atoms with Crippen LogP contribution in [-0.4, -0.2) is 96.8 Å². The maximum Gasteiger partial charge on any atom is 0.344 e. The van der Waals surface area contributed by atoms with E-state index >= 15 is 0 Å². The maximum atomic E-state index is 13.0. The number of fused-ring (bicyclic) bond motifs is 2. The van der Waals surface area contributed by atoms with Gasteiger partial charge in [0.25, 0.3) is 0 Å². The molecule has 2 bridgehead atoms. The number of allylic oxidation sites excluding steroid dienone is 1. The van der Waals surface area contributed by atoms with Crippen LogP contribution < -0.4 is 0 Å². The number of carbonyl (C=O) groups is 5. The van der Waals surface area contributed by atoms with E-state index in [4.69, 9.17) is 18.9 Å². The van der Waals surface area contributed by atoms with Crippen LogP contribution in [0, 0.1) is 17.8 Å². The summed E-state index contributed by atoms with van der Waals surface area (Å²) in [5, 5.41) is 53.5. The Morgan fingerprint density at radius 2 is 1.84 bits per heavy atom. The normalized spacial score (nSPS) is 30.1. The molecule has 1 aromatic carbocycles. The van der Waals surface area contributed by atoms with Crippen LogP contribution in [0.5, 0.6) is 0 Å². The molecule has 0 spiro atoms. The molecule has 0 aliphatic carbocycles. The summed E-state index contributed by atoms with van der Waals surface area (Å²) in [4.78, 5) is 63.0. The lowest BCUT2D eigenvalue weighted by Crippen LogP contribution is -2.78. The predicted molar refractivity (Wildman–Crippen MR) is 171 cm³/mol. The highest BCUT2D eigenvalue weighted by molar-refractivity contribution is 5.98. The van der Waals surface area contributed by atoms with Crippen molar-refractivity contribution in [3.8, 4) is 0 Å². The van der Waals surface area contributed by atoms with Crippen molar-refractivity contribution in [3.63, 3.8) is 0 Å². The molecule has 270 valence electrons. The van der Waals surface area contributed by atoms with Crippen LogP contribution in [0.25, 0.3) is 0 Å². The molecule has 2 heterocycles. The third-order valence-electron chi connectivity index (χ3n) is 9.29. The van der Waals surface area contributed by atoms with E-state index < -0.39 is 77.7 Å². The van der Waals surface area contributed by atoms with E-state index in [1.165, 1.54) is 13.0 Å². The van der Waals surface area contributed by atoms with Gasteiger partial charge in [-0.3, -0.25) is 4.79 Å². The molecule has 0 unspecified atom stereocenters. The fraction of sp³-hybridized carbons (Fsp3) is 0.571. The van der Waals surface area contributed by atoms with Crippen LogP contribution in [0.4, 0.5) is 0 Å². The van der Waals surface area contributed by atoms with Crippen molar-refractivity contribution in [3.05, 3.63) is 60.2 Å². The van der Waals surface area contributed by atoms with E-state index in [2.05, 4.69) is 6.58 Å². The topological polar surface area (TPSA) is 223 Å². The molecule has 0 radical (unpaired) electrons. The number of aliphatic hydroxyl groups is 2. The number of aliphatic carboxylic acids is 3. The van der Waals surface area contributed by atoms with Gasteiger partial charge in [0.05, 0.1) is 0 Å². The van der Waals surface area contributed by atoms with Gasteiger partial charge in [-0.05, 0) is 42.2 Å². The Morgan fingerprint density at radius 3 is 2.37 bits per heavy atom. The van der Waals surface area contributed by atoms with Gasteiger partial charge in [0.1, 0.15) is 12.2 Å². The van der Waals surface area contributed by atoms with Gasteiger partial charge in [0.2, 0.25) is 23.1 Å². The number of ether oxygens (including phenoxy) is 4. The summed E-state index contributed by atoms with van der Waals surface area (Å²) >= 11 is 0. The number of aliphatic hydroxyl groups excluding tert-OH is 1. The largest absolute Gasteiger partial charge is 0.479 e. The van der Waals surface area contributed by atoms with Crippen LogP contribution in [-0.2, 0) is 49.3 Å². The molecule has 3 rings (SSSR count). The first-order valence-electron chi connectivity index (χ1n) is 16.1. The van der Waals surface area contributed by atoms with E-state index in [9.17, 15) is 49.5 Å². The molecule has 0 aromatic heterocycles. The smallest absolute Gasteiger partial charge is 0.344 e. The molecule has 5 N–H and O–H groups in total. The van der Waals surface area contributed by atoms with E-state index in [0.717, 1.165) is 18.1 Å². The van der Waals surface area contributed by atoms with Gasteiger partial charge in [0, 0.05) is 25.3 Å². The van der Waals surface area contributed by atoms with Crippen molar-refractivity contribution in [2.75, 3.05) is 0 Å². The molecule has 49 heavy (non-hydrogen) atoms. The summed E-state index contributed by atoms with van der Waals surface area (Å²) in [6, 6.07) is 9.29. The molecule has 1 aromatic rings. The molecule has 14 nitrogen and oxygen atoms in total. The second-order valence-electron chi connectivity index (χ2n) is 13.1. The lowest BCUT2D eigenvalue weighted by atomic mass is 10.0. The number of esters is 2. The van der Waals surface area contributed by atoms with Crippen molar-refractivity contribution in [2.24, 2.45) is 17.8 Å². The maximum absolute atomic E-state index is 13.0. The van der Waals surface area contributed by atoms with Crippen molar-refractivity contribution >= 4 is 29.8 Å². The number of rotatable bonds is 17. The fourth-order valence-corrected chi connectivity index (χ4v) is 6.58. The summed E-state index contributed by atoms with van der Waals surface area (Å²) in [6.45, 7) is 12.9. The second-order valence-corrected chi connectivity index (χ2v) is 13.1. The number of benzene rings is 1. The van der Waals surface area contributed by atoms with E-state index in [0.29, 0.717) is 18.8 Å². The average Bonchev–Trinajstić information content (AvgIpc) is 3.25. The molecule has 14 heteroatoms. The Morgan fingerprint density at radius 1 is 1.20 bits per heavy atom. The van der Waals surface area contributed by atoms with Gasteiger partial charge in [-0.1, -0.05) is 77.1 Å². The molecule has 10 atom stereocenters. The Labute approximate surface area is 284 Å². The highest BCUT2D eigenvalue weighted by Crippen LogP contribution is 2.56. The van der Waals surface area contributed by atoms with Crippen LogP contribution in [0.2, 0.25) is 0 Å². The molecule has 0 amide bonds. The third kappa shape index (κ3) is 7.88. The van der Waals surface area contributed by atoms with Gasteiger partial charge in [-0.2, -0.15) is 0 Å². The highest BCUT2D eigenvalue weighted by atomic mass is 17.0. The molecule has 2 fully saturated rings. The lowest BCUT2D eigenvalue weighted by Gasteiger charge is -2.48. The first-order valence-corrected chi connectivity index (χ1v) is 16.1. The third-order valence-corrected chi connectivity index (χ3v) is 9.29. The van der Waals surface area contributed by atoms with Crippen LogP contribution in [0.15, 0.2) is 54.6 Å². The minimum absolute atomic E-state index is 0.123. The highest BCUT2D eigenvalue weighted by Gasteiger charge is 2.85. The Hall–Kier alpha value is -4.11. The summed E-state index contributed by atoms with van der Waals surface area (Å²) in [5.41, 5.74) is -6.27. The van der Waals surface area contributed by atoms with E-state index in [1.807, 2.05) is 51.1 Å². The van der Waals surface area contributed by atoms with E-state index in [-0.39, 0.29) is 23.8 Å². The predicted octanol–water partition coefficient (Wildman–Crippen LogP) is 2.88. The Bertz CT molecular complexity index is 1440. The van der Waals surface area contributed by atoms with Crippen molar-refractivity contribution in [1.82, 2.24) is 0 Å². The zero-order valence-electron chi connectivity index (χ0n) is 28.2. The first-order chi connectivity index (χ1) is 22.9. The summed E-state index contributed by atoms with van der Waals surface area (Å²) in [5.74, 6) is -11.3. The molecular formula is C35H46O14. The summed E-state index contributed by atoms with van der Waals surface area (Å²) in [7, 11) is 0. The second kappa shape index (κ2) is 15.6. The van der Waals surface area contributed by atoms with Gasteiger partial charge in [0.15, 0.2) is 6.10 Å². The zero-order chi connectivity index (χ0) is 36.9. The number of carboxylic acid groups (broad SMARTS) is 3. The molecule has 2 saturated heterocycles.